The van der Waals surface area contributed by atoms with Crippen LogP contribution in [0.1, 0.15) is 32.6 Å². The van der Waals surface area contributed by atoms with E-state index in [1.54, 1.807) is 0 Å². The fraction of sp³-hybridized carbons (Fsp3) is 0.917. The first-order valence-corrected chi connectivity index (χ1v) is 7.64. The highest BCUT2D eigenvalue weighted by molar-refractivity contribution is 7.72. The van der Waals surface area contributed by atoms with E-state index in [9.17, 15) is 8.42 Å². The lowest BCUT2D eigenvalue weighted by Crippen LogP contribution is -2.42. The first-order valence-electron chi connectivity index (χ1n) is 6.56. The largest absolute Gasteiger partial charge is 0.303 e. The minimum Gasteiger partial charge on any atom is -0.303 e. The molecule has 2 rings (SSSR count). The highest BCUT2D eigenvalue weighted by Crippen LogP contribution is 2.20. The van der Waals surface area contributed by atoms with E-state index in [1.807, 2.05) is 0 Å². The summed E-state index contributed by atoms with van der Waals surface area (Å²) in [5.41, 5.74) is 0. The van der Waals surface area contributed by atoms with Gasteiger partial charge in [0.05, 0.1) is 0 Å². The Bertz CT molecular complexity index is 375. The Balaban J connectivity index is 1.85. The molecule has 2 heterocycles. The highest BCUT2D eigenvalue weighted by atomic mass is 32.2. The van der Waals surface area contributed by atoms with Crippen molar-refractivity contribution in [2.75, 3.05) is 26.2 Å². The molecule has 4 nitrogen and oxygen atoms in total. The van der Waals surface area contributed by atoms with Gasteiger partial charge in [-0.1, -0.05) is 6.92 Å². The van der Waals surface area contributed by atoms with Gasteiger partial charge in [0.1, 0.15) is 4.99 Å². The van der Waals surface area contributed by atoms with Gasteiger partial charge >= 0.3 is 0 Å². The van der Waals surface area contributed by atoms with Gasteiger partial charge in [-0.15, -0.1) is 0 Å². The third-order valence-corrected chi connectivity index (χ3v) is 4.66. The molecule has 1 N–H and O–H groups in total. The molecule has 0 amide bonds. The highest BCUT2D eigenvalue weighted by Gasteiger charge is 2.23. The molecule has 0 aromatic heterocycles. The third-order valence-electron chi connectivity index (χ3n) is 3.94. The van der Waals surface area contributed by atoms with Crippen molar-refractivity contribution in [3.8, 4) is 0 Å². The number of nitrogens with one attached hydrogen (secondary N) is 1. The number of hydrogen-bond acceptors (Lipinski definition) is 3. The number of hydrogen-bond donors (Lipinski definition) is 1. The van der Waals surface area contributed by atoms with Crippen LogP contribution in [0.4, 0.5) is 0 Å². The maximum Gasteiger partial charge on any atom is 0.228 e. The Hall–Kier alpha value is -0.390. The Labute approximate surface area is 105 Å². The zero-order valence-corrected chi connectivity index (χ0v) is 11.3. The summed E-state index contributed by atoms with van der Waals surface area (Å²) in [6.07, 6.45) is 4.36. The number of nitrogens with zero attached hydrogens (tertiary/aromatic N) is 1. The summed E-state index contributed by atoms with van der Waals surface area (Å²) in [6, 6.07) is 0. The van der Waals surface area contributed by atoms with Crippen molar-refractivity contribution in [1.29, 1.82) is 0 Å². The van der Waals surface area contributed by atoms with Crippen LogP contribution in [0.15, 0.2) is 0 Å². The van der Waals surface area contributed by atoms with Crippen molar-refractivity contribution < 1.29 is 8.42 Å². The Morgan fingerprint density at radius 1 is 1.29 bits per heavy atom. The Kier molecular flexibility index (Phi) is 4.59. The van der Waals surface area contributed by atoms with E-state index < -0.39 is 10.3 Å². The minimum absolute atomic E-state index is 0.506. The third kappa shape index (κ3) is 3.79. The molecule has 0 aromatic rings. The monoisotopic (exact) mass is 258 g/mol. The Morgan fingerprint density at radius 3 is 2.65 bits per heavy atom. The van der Waals surface area contributed by atoms with E-state index in [0.717, 1.165) is 25.4 Å². The van der Waals surface area contributed by atoms with Crippen LogP contribution in [0.25, 0.3) is 0 Å². The Morgan fingerprint density at radius 2 is 2.00 bits per heavy atom. The molecule has 0 aromatic carbocycles. The molecule has 1 atom stereocenters. The number of piperidine rings is 2. The zero-order chi connectivity index (χ0) is 12.3. The van der Waals surface area contributed by atoms with Crippen LogP contribution >= 0.6 is 0 Å². The van der Waals surface area contributed by atoms with Crippen molar-refractivity contribution in [3.05, 3.63) is 0 Å². The topological polar surface area (TPSA) is 49.4 Å². The second kappa shape index (κ2) is 5.98. The lowest BCUT2D eigenvalue weighted by Gasteiger charge is -2.34. The van der Waals surface area contributed by atoms with Gasteiger partial charge in [-0.3, -0.25) is 5.32 Å². The predicted molar refractivity (Wildman–Crippen MR) is 69.5 cm³/mol. The van der Waals surface area contributed by atoms with Gasteiger partial charge in [-0.2, -0.15) is 8.42 Å². The molecule has 2 fully saturated rings. The summed E-state index contributed by atoms with van der Waals surface area (Å²) in [7, 11) is -2.05. The summed E-state index contributed by atoms with van der Waals surface area (Å²) in [4.78, 5) is 3.01. The zero-order valence-electron chi connectivity index (χ0n) is 10.5. The molecule has 0 aliphatic carbocycles. The first-order chi connectivity index (χ1) is 8.15. The van der Waals surface area contributed by atoms with Crippen molar-refractivity contribution in [3.63, 3.8) is 0 Å². The van der Waals surface area contributed by atoms with E-state index in [1.165, 1.54) is 25.9 Å². The van der Waals surface area contributed by atoms with E-state index in [-0.39, 0.29) is 0 Å². The van der Waals surface area contributed by atoms with Crippen LogP contribution < -0.4 is 5.32 Å². The van der Waals surface area contributed by atoms with Gasteiger partial charge in [0, 0.05) is 19.5 Å². The molecule has 0 radical (unpaired) electrons. The summed E-state index contributed by atoms with van der Waals surface area (Å²) in [6.45, 7) is 6.55. The van der Waals surface area contributed by atoms with E-state index in [0.29, 0.717) is 17.3 Å². The summed E-state index contributed by atoms with van der Waals surface area (Å²) in [5.74, 6) is 1.37. The molecular formula is C12H22N2O2S. The maximum absolute atomic E-state index is 10.9. The molecule has 0 bridgehead atoms. The smallest absolute Gasteiger partial charge is 0.228 e. The molecule has 0 spiro atoms. The van der Waals surface area contributed by atoms with Crippen LogP contribution in [-0.4, -0.2) is 44.5 Å². The van der Waals surface area contributed by atoms with Crippen molar-refractivity contribution in [2.24, 2.45) is 11.8 Å². The van der Waals surface area contributed by atoms with Crippen molar-refractivity contribution in [2.45, 2.75) is 32.6 Å². The van der Waals surface area contributed by atoms with Crippen LogP contribution in [0.3, 0.4) is 0 Å². The van der Waals surface area contributed by atoms with Crippen LogP contribution in [0.2, 0.25) is 0 Å². The molecule has 2 aliphatic rings. The van der Waals surface area contributed by atoms with E-state index in [4.69, 9.17) is 0 Å². The van der Waals surface area contributed by atoms with E-state index >= 15 is 0 Å². The minimum atomic E-state index is -2.05. The molecular weight excluding hydrogens is 236 g/mol. The second-order valence-corrected chi connectivity index (χ2v) is 6.39. The standard InChI is InChI=1S/C12H22N2O2S/c1-10-3-6-14(7-4-10)9-11-2-5-13-12(8-11)17(15)16/h10-11,13H,2-9H2,1H3. The molecule has 5 heteroatoms. The lowest BCUT2D eigenvalue weighted by molar-refractivity contribution is 0.163. The quantitative estimate of drug-likeness (QED) is 0.742. The van der Waals surface area contributed by atoms with Crippen LogP contribution in [-0.2, 0) is 10.3 Å². The SMILES string of the molecule is CC1CCN(CC2CCNC(=S(=O)=O)C2)CC1. The van der Waals surface area contributed by atoms with Crippen LogP contribution in [0, 0.1) is 11.8 Å². The number of likely N-dealkylation sites (tertiary alicyclic amines) is 1. The van der Waals surface area contributed by atoms with Gasteiger partial charge in [-0.25, -0.2) is 0 Å². The van der Waals surface area contributed by atoms with Crippen molar-refractivity contribution >= 4 is 15.3 Å². The summed E-state index contributed by atoms with van der Waals surface area (Å²) in [5, 5.41) is 2.98. The van der Waals surface area contributed by atoms with Gasteiger partial charge in [0.25, 0.3) is 0 Å². The summed E-state index contributed by atoms with van der Waals surface area (Å²) >= 11 is 0. The molecule has 0 saturated carbocycles. The molecule has 2 aliphatic heterocycles. The average Bonchev–Trinajstić information content (AvgIpc) is 2.32. The molecule has 17 heavy (non-hydrogen) atoms. The fourth-order valence-electron chi connectivity index (χ4n) is 2.74. The predicted octanol–water partition coefficient (Wildman–Crippen LogP) is 0.727. The van der Waals surface area contributed by atoms with Crippen LogP contribution in [0.5, 0.6) is 0 Å². The van der Waals surface area contributed by atoms with Gasteiger partial charge in [0.15, 0.2) is 0 Å². The lowest BCUT2D eigenvalue weighted by atomic mass is 9.94. The average molecular weight is 258 g/mol. The normalized spacial score (nSPS) is 28.3. The molecule has 2 saturated heterocycles. The maximum atomic E-state index is 10.9. The van der Waals surface area contributed by atoms with E-state index in [2.05, 4.69) is 17.1 Å². The van der Waals surface area contributed by atoms with Crippen molar-refractivity contribution in [1.82, 2.24) is 10.2 Å². The van der Waals surface area contributed by atoms with Gasteiger partial charge < -0.3 is 4.90 Å². The number of rotatable bonds is 2. The fourth-order valence-corrected chi connectivity index (χ4v) is 3.34. The molecule has 1 unspecified atom stereocenters. The summed E-state index contributed by atoms with van der Waals surface area (Å²) < 4.78 is 21.8. The van der Waals surface area contributed by atoms with Gasteiger partial charge in [0.2, 0.25) is 10.3 Å². The second-order valence-electron chi connectivity index (χ2n) is 5.43. The molecule has 98 valence electrons. The van der Waals surface area contributed by atoms with Gasteiger partial charge in [-0.05, 0) is 44.2 Å². The first kappa shape index (κ1) is 13.1.